The Bertz CT molecular complexity index is 3880. The van der Waals surface area contributed by atoms with Gasteiger partial charge in [-0.1, -0.05) is 0 Å². The van der Waals surface area contributed by atoms with E-state index in [0.29, 0.717) is 0 Å². The normalized spacial score (nSPS) is 45.6. The molecule has 0 aliphatic carbocycles. The summed E-state index contributed by atoms with van der Waals surface area (Å²) in [7, 11) is 0. The molecule has 10 saturated heterocycles. The highest BCUT2D eigenvalue weighted by Crippen LogP contribution is 2.43. The van der Waals surface area contributed by atoms with E-state index < -0.39 is 440 Å². The Morgan fingerprint density at radius 2 is 0.640 bits per heavy atom. The molecular weight excluding hydrogens is 1900 g/mol. The van der Waals surface area contributed by atoms with Crippen molar-refractivity contribution < 1.29 is 276 Å². The minimum atomic E-state index is -3.34. The lowest BCUT2D eigenvalue weighted by molar-refractivity contribution is -0.393. The maximum absolute atomic E-state index is 13.4. The van der Waals surface area contributed by atoms with E-state index in [1.807, 2.05) is 0 Å². The molecule has 0 bridgehead atoms. The topological polar surface area (TPSA) is 963 Å². The first-order valence-corrected chi connectivity index (χ1v) is 44.0. The molecule has 10 aliphatic rings. The first-order chi connectivity index (χ1) is 65.7. The van der Waals surface area contributed by atoms with Crippen LogP contribution in [-0.2, 0) is 128 Å². The number of carbonyl (C=O) groups is 7. The van der Waals surface area contributed by atoms with Crippen LogP contribution in [0.3, 0.4) is 0 Å². The Kier molecular flexibility index (Phi) is 42.4. The molecule has 0 unspecified atom stereocenters. The summed E-state index contributed by atoms with van der Waals surface area (Å²) >= 11 is 0. The molecule has 139 heavy (non-hydrogen) atoms. The molecule has 0 aromatic heterocycles. The first kappa shape index (κ1) is 115. The third kappa shape index (κ3) is 26.5. The van der Waals surface area contributed by atoms with Gasteiger partial charge in [0.05, 0.1) is 97.5 Å². The van der Waals surface area contributed by atoms with Crippen molar-refractivity contribution in [2.24, 2.45) is 0 Å². The summed E-state index contributed by atoms with van der Waals surface area (Å²) in [5.74, 6) is -10.3. The highest BCUT2D eigenvalue weighted by atomic mass is 16.8. The van der Waals surface area contributed by atoms with Gasteiger partial charge in [0.2, 0.25) is 35.9 Å². The number of aliphatic hydroxyl groups is 28. The number of carbonyl (C=O) groups excluding carboxylic acids is 6. The fraction of sp³-hybridized carbons (Fsp3) is 0.909. The molecule has 62 nitrogen and oxygen atoms in total. The van der Waals surface area contributed by atoms with Crippen molar-refractivity contribution in [1.29, 1.82) is 0 Å². The number of carboxylic acids is 1. The molecule has 10 heterocycles. The predicted molar refractivity (Wildman–Crippen MR) is 429 cm³/mol. The molecule has 6 amide bonds. The number of aliphatic hydroxyl groups excluding tert-OH is 28. The van der Waals surface area contributed by atoms with Crippen molar-refractivity contribution in [3.05, 3.63) is 0 Å². The summed E-state index contributed by atoms with van der Waals surface area (Å²) in [4.78, 5) is 88.8. The van der Waals surface area contributed by atoms with Crippen molar-refractivity contribution in [1.82, 2.24) is 31.9 Å². The number of aliphatic carboxylic acids is 1. The summed E-state index contributed by atoms with van der Waals surface area (Å²) in [5.41, 5.74) is 0. The fourth-order valence-corrected chi connectivity index (χ4v) is 17.6. The average molecular weight is 2030 g/mol. The van der Waals surface area contributed by atoms with Gasteiger partial charge in [0.15, 0.2) is 56.6 Å². The highest BCUT2D eigenvalue weighted by Gasteiger charge is 2.64. The fourth-order valence-electron chi connectivity index (χ4n) is 17.6. The maximum atomic E-state index is 13.4. The molecule has 10 aliphatic heterocycles. The van der Waals surface area contributed by atoms with Crippen LogP contribution in [0.5, 0.6) is 0 Å². The lowest BCUT2D eigenvalue weighted by Crippen LogP contribution is -2.71. The van der Waals surface area contributed by atoms with Crippen LogP contribution in [0.2, 0.25) is 0 Å². The van der Waals surface area contributed by atoms with Gasteiger partial charge in [0.25, 0.3) is 5.79 Å². The summed E-state index contributed by atoms with van der Waals surface area (Å²) in [6, 6.07) is -10.6. The lowest BCUT2D eigenvalue weighted by Gasteiger charge is -2.51. The number of rotatable bonds is 42. The molecule has 62 heteroatoms. The molecule has 0 aromatic carbocycles. The summed E-state index contributed by atoms with van der Waals surface area (Å²) < 4.78 is 118. The van der Waals surface area contributed by atoms with Crippen molar-refractivity contribution in [2.75, 3.05) is 79.3 Å². The average Bonchev–Trinajstić information content (AvgIpc) is 0.738. The lowest BCUT2D eigenvalue weighted by atomic mass is 9.88. The SMILES string of the molecule is CC(=O)N[C@H]1[C@H](OC[C@H]2O[C@@H](O[C@H]3[C@H](O)[C@@H](NC(C)=O)[C@H](O[C@H]4[C@@H](O)[C@@H](CO)O[C@@H](O[C@H]5[C@H](O)[C@@H](O)[C@H](OC[C@@H](CO)NC=O)O[C@@H]5CO)[C@@H]4O)O[C@@H]3CO)[C@H](O)[C@@H](O[C@@H]3O[C@H](CO)[C@@H](O[C@@H]4O[C@H](CO)[C@H](O)[C@H](O[C@]5(C(=O)O)C[C@H](O)[C@@H](NC(C)=O)[C@H]([C@H](O)[C@H](O)CO)O5)[C@H]4O)[C@H](O)[C@H]3NC(C)=O)[C@H]2O)O[C@H](CO)[C@@H](O[C@@H]2O[C@H](CO[C@@H]3O[C@H](CO)[C@@H](O)[C@H](O)[C@H]3NC(C)=O)[C@H](O)[C@H](O)[C@H]2O)[C@@H]1O. The Labute approximate surface area is 786 Å². The number of hydrogen-bond acceptors (Lipinski definition) is 55. The van der Waals surface area contributed by atoms with E-state index in [2.05, 4.69) is 31.9 Å². The standard InChI is InChI=1S/C77H128N6O56/c1-20(94)79-37-26(99)6-77(76(118)119,138-63(37)42(101)27(100)8-85)139-66-46(105)30(11-88)125-75(58(66)117)134-61-33(14-91)128-70(41(51(61)110)83-24(5)98)137-65-47(106)36(18-122-68-39(81-22(3)96)49(108)59(31(12-89)126-68)132-72-54(113)52(111)44(103)35(130-72)17-121-67-38(80-21(2)95)48(107)43(102)28(9-86)123-67)131-74(57(65)116)133-60-32(13-90)127-69(40(50(60)109)82-23(4)97)136-64-45(104)29(10-87)124-73(56(64)115)135-62-34(15-92)129-71(55(114)53(62)112)120-16-25(7-84)78-19-93/h19,25-75,84-92,99-117H,6-18H2,1-5H3,(H,78,93)(H,79,94)(H,80,95)(H,81,96)(H,82,97)(H,83,98)(H,118,119)/t25-,26+,27-,28-,29-,30-,31-,32-,33-,34-,35-,36-,37-,38-,39-,40-,41-,42-,43-,44+,45+,46+,47+,48-,49-,50-,51-,52+,53-,54-,55-,56-,57-,58-,59-,60-,61-,62-,63-,64+,65+,66+,67-,68-,69+,70+,71-,72+,73+,74+,75+,77+/m1/s1. The van der Waals surface area contributed by atoms with Crippen LogP contribution in [0, 0.1) is 0 Å². The van der Waals surface area contributed by atoms with E-state index in [0.717, 1.165) is 34.6 Å². The third-order valence-corrected chi connectivity index (χ3v) is 24.8. The Morgan fingerprint density at radius 3 is 1.04 bits per heavy atom. The van der Waals surface area contributed by atoms with Gasteiger partial charge in [-0.2, -0.15) is 0 Å². The van der Waals surface area contributed by atoms with Crippen LogP contribution < -0.4 is 31.9 Å². The van der Waals surface area contributed by atoms with E-state index in [1.54, 1.807) is 0 Å². The van der Waals surface area contributed by atoms with E-state index in [1.165, 1.54) is 0 Å². The number of hydrogen-bond donors (Lipinski definition) is 35. The van der Waals surface area contributed by atoms with Gasteiger partial charge in [-0.25, -0.2) is 4.79 Å². The Balaban J connectivity index is 0.943. The second-order valence-electron chi connectivity index (χ2n) is 34.6. The van der Waals surface area contributed by atoms with Crippen molar-refractivity contribution >= 4 is 41.9 Å². The van der Waals surface area contributed by atoms with Gasteiger partial charge in [-0.15, -0.1) is 0 Å². The zero-order chi connectivity index (χ0) is 103. The van der Waals surface area contributed by atoms with E-state index in [-0.39, 0.29) is 6.41 Å². The molecule has 0 saturated carbocycles. The molecule has 10 rings (SSSR count). The van der Waals surface area contributed by atoms with Crippen molar-refractivity contribution in [2.45, 2.75) is 359 Å². The Morgan fingerprint density at radius 1 is 0.331 bits per heavy atom. The van der Waals surface area contributed by atoms with Gasteiger partial charge < -0.3 is 275 Å². The smallest absolute Gasteiger partial charge is 0.364 e. The number of amides is 6. The molecule has 52 atom stereocenters. The molecule has 0 aromatic rings. The summed E-state index contributed by atoms with van der Waals surface area (Å²) in [6.07, 6.45) is -98.5. The molecule has 10 fully saturated rings. The summed E-state index contributed by atoms with van der Waals surface area (Å²) in [6.45, 7) is -8.12. The quantitative estimate of drug-likeness (QED) is 0.0252. The number of ether oxygens (including phenoxy) is 20. The molecule has 35 N–H and O–H groups in total. The van der Waals surface area contributed by atoms with Crippen LogP contribution in [0.15, 0.2) is 0 Å². The largest absolute Gasteiger partial charge is 0.477 e. The van der Waals surface area contributed by atoms with Gasteiger partial charge in [-0.05, 0) is 0 Å². The van der Waals surface area contributed by atoms with Crippen LogP contribution in [0.4, 0.5) is 0 Å². The third-order valence-electron chi connectivity index (χ3n) is 24.8. The molecule has 0 radical (unpaired) electrons. The second-order valence-corrected chi connectivity index (χ2v) is 34.6. The Hall–Kier alpha value is -5.63. The second kappa shape index (κ2) is 51.1. The zero-order valence-electron chi connectivity index (χ0n) is 74.7. The van der Waals surface area contributed by atoms with Crippen molar-refractivity contribution in [3.63, 3.8) is 0 Å². The van der Waals surface area contributed by atoms with Crippen LogP contribution in [0.25, 0.3) is 0 Å². The molecular formula is C77H128N6O56. The van der Waals surface area contributed by atoms with Crippen molar-refractivity contribution in [3.8, 4) is 0 Å². The summed E-state index contributed by atoms with van der Waals surface area (Å²) in [5, 5.41) is 340. The maximum Gasteiger partial charge on any atom is 0.364 e. The molecule has 0 spiro atoms. The van der Waals surface area contributed by atoms with Gasteiger partial charge in [0, 0.05) is 41.0 Å². The number of nitrogens with one attached hydrogen (secondary N) is 6. The molecule has 802 valence electrons. The van der Waals surface area contributed by atoms with Gasteiger partial charge in [0.1, 0.15) is 238 Å². The first-order valence-electron chi connectivity index (χ1n) is 44.0. The zero-order valence-corrected chi connectivity index (χ0v) is 74.7. The van der Waals surface area contributed by atoms with Crippen LogP contribution >= 0.6 is 0 Å². The minimum absolute atomic E-state index is 0.228. The minimum Gasteiger partial charge on any atom is -0.477 e. The monoisotopic (exact) mass is 2030 g/mol. The number of carboxylic acid groups (broad SMARTS) is 1. The predicted octanol–water partition coefficient (Wildman–Crippen LogP) is -23.7. The van der Waals surface area contributed by atoms with E-state index in [9.17, 15) is 182 Å². The van der Waals surface area contributed by atoms with Gasteiger partial charge >= 0.3 is 5.97 Å². The van der Waals surface area contributed by atoms with E-state index in [4.69, 9.17) is 94.7 Å². The van der Waals surface area contributed by atoms with Crippen LogP contribution in [0.1, 0.15) is 41.0 Å². The van der Waals surface area contributed by atoms with Crippen LogP contribution in [-0.4, -0.2) is 588 Å². The van der Waals surface area contributed by atoms with E-state index >= 15 is 0 Å². The highest BCUT2D eigenvalue weighted by molar-refractivity contribution is 5.77. The van der Waals surface area contributed by atoms with Gasteiger partial charge in [-0.3, -0.25) is 28.8 Å².